The predicted octanol–water partition coefficient (Wildman–Crippen LogP) is 3.59. The third-order valence-corrected chi connectivity index (χ3v) is 4.99. The summed E-state index contributed by atoms with van der Waals surface area (Å²) in [5, 5.41) is 0. The third-order valence-electron chi connectivity index (χ3n) is 4.99. The Balaban J connectivity index is 1.27. The molecule has 6 nitrogen and oxygen atoms in total. The molecular weight excluding hydrogens is 394 g/mol. The van der Waals surface area contributed by atoms with Crippen molar-refractivity contribution in [2.24, 2.45) is 0 Å². The summed E-state index contributed by atoms with van der Waals surface area (Å²) < 4.78 is 17.2. The number of amides is 1. The monoisotopic (exact) mass is 417 g/mol. The zero-order valence-electron chi connectivity index (χ0n) is 17.2. The molecule has 0 N–H and O–H groups in total. The minimum atomic E-state index is -0.243. The molecule has 0 saturated heterocycles. The van der Waals surface area contributed by atoms with Crippen molar-refractivity contribution in [1.29, 1.82) is 0 Å². The number of ketones is 1. The Morgan fingerprint density at radius 1 is 0.903 bits per heavy atom. The summed E-state index contributed by atoms with van der Waals surface area (Å²) in [6.07, 6.45) is -0.243. The lowest BCUT2D eigenvalue weighted by Crippen LogP contribution is -2.43. The highest BCUT2D eigenvalue weighted by atomic mass is 16.6. The average Bonchev–Trinajstić information content (AvgIpc) is 2.83. The van der Waals surface area contributed by atoms with Crippen LogP contribution in [0.1, 0.15) is 15.9 Å². The summed E-state index contributed by atoms with van der Waals surface area (Å²) in [6, 6.07) is 23.3. The molecule has 31 heavy (non-hydrogen) atoms. The van der Waals surface area contributed by atoms with Gasteiger partial charge in [0.15, 0.2) is 30.0 Å². The quantitative estimate of drug-likeness (QED) is 0.550. The van der Waals surface area contributed by atoms with E-state index in [0.717, 1.165) is 0 Å². The van der Waals surface area contributed by atoms with Crippen LogP contribution < -0.4 is 14.2 Å². The van der Waals surface area contributed by atoms with Gasteiger partial charge < -0.3 is 19.1 Å². The van der Waals surface area contributed by atoms with E-state index in [2.05, 4.69) is 0 Å². The van der Waals surface area contributed by atoms with E-state index in [0.29, 0.717) is 41.5 Å². The zero-order valence-corrected chi connectivity index (χ0v) is 17.2. The van der Waals surface area contributed by atoms with Crippen molar-refractivity contribution in [2.75, 3.05) is 26.8 Å². The maximum absolute atomic E-state index is 12.5. The smallest absolute Gasteiger partial charge is 0.260 e. The highest BCUT2D eigenvalue weighted by Gasteiger charge is 2.23. The van der Waals surface area contributed by atoms with Crippen molar-refractivity contribution >= 4 is 11.7 Å². The Kier molecular flexibility index (Phi) is 6.17. The molecule has 1 atom stereocenters. The summed E-state index contributed by atoms with van der Waals surface area (Å²) in [4.78, 5) is 26.5. The predicted molar refractivity (Wildman–Crippen MR) is 116 cm³/mol. The zero-order chi connectivity index (χ0) is 21.6. The van der Waals surface area contributed by atoms with Crippen LogP contribution in [0.4, 0.5) is 0 Å². The molecule has 1 aliphatic rings. The van der Waals surface area contributed by atoms with Crippen molar-refractivity contribution in [3.63, 3.8) is 0 Å². The van der Waals surface area contributed by atoms with E-state index in [1.165, 1.54) is 0 Å². The van der Waals surface area contributed by atoms with Crippen LogP contribution in [0.3, 0.4) is 0 Å². The van der Waals surface area contributed by atoms with Gasteiger partial charge in [-0.2, -0.15) is 0 Å². The Labute approximate surface area is 181 Å². The second-order valence-corrected chi connectivity index (χ2v) is 7.28. The number of hydrogen-bond donors (Lipinski definition) is 0. The Hall–Kier alpha value is -3.80. The third kappa shape index (κ3) is 5.04. The van der Waals surface area contributed by atoms with Crippen molar-refractivity contribution in [3.8, 4) is 17.2 Å². The highest BCUT2D eigenvalue weighted by molar-refractivity contribution is 6.08. The molecule has 0 aromatic heterocycles. The first-order valence-corrected chi connectivity index (χ1v) is 10.1. The number of para-hydroxylation sites is 2. The second kappa shape index (κ2) is 9.34. The molecule has 3 aromatic carbocycles. The normalized spacial score (nSPS) is 14.5. The van der Waals surface area contributed by atoms with Crippen LogP contribution in [0.2, 0.25) is 0 Å². The molecule has 4 rings (SSSR count). The number of carbonyl (C=O) groups is 2. The van der Waals surface area contributed by atoms with Crippen LogP contribution >= 0.6 is 0 Å². The summed E-state index contributed by atoms with van der Waals surface area (Å²) in [5.74, 6) is 1.69. The van der Waals surface area contributed by atoms with Gasteiger partial charge in [0.1, 0.15) is 12.4 Å². The van der Waals surface area contributed by atoms with Crippen molar-refractivity contribution in [1.82, 2.24) is 4.90 Å². The van der Waals surface area contributed by atoms with E-state index in [4.69, 9.17) is 14.2 Å². The molecule has 0 fully saturated rings. The number of ether oxygens (including phenoxy) is 3. The van der Waals surface area contributed by atoms with Gasteiger partial charge in [0.25, 0.3) is 5.91 Å². The van der Waals surface area contributed by atoms with Crippen molar-refractivity contribution in [3.05, 3.63) is 90.0 Å². The second-order valence-electron chi connectivity index (χ2n) is 7.28. The van der Waals surface area contributed by atoms with Gasteiger partial charge in [-0.1, -0.05) is 42.5 Å². The highest BCUT2D eigenvalue weighted by Crippen LogP contribution is 2.30. The summed E-state index contributed by atoms with van der Waals surface area (Å²) in [7, 11) is 1.71. The Morgan fingerprint density at radius 3 is 2.29 bits per heavy atom. The van der Waals surface area contributed by atoms with Crippen LogP contribution in [0.15, 0.2) is 78.9 Å². The van der Waals surface area contributed by atoms with Crippen LogP contribution in [-0.4, -0.2) is 49.5 Å². The topological polar surface area (TPSA) is 65.1 Å². The van der Waals surface area contributed by atoms with E-state index < -0.39 is 0 Å². The fraction of sp³-hybridized carbons (Fsp3) is 0.200. The number of nitrogens with zero attached hydrogens (tertiary/aromatic N) is 1. The minimum absolute atomic E-state index is 0.0563. The van der Waals surface area contributed by atoms with E-state index in [-0.39, 0.29) is 24.4 Å². The van der Waals surface area contributed by atoms with Gasteiger partial charge in [-0.15, -0.1) is 0 Å². The number of fused-ring (bicyclic) bond motifs is 1. The number of benzene rings is 3. The van der Waals surface area contributed by atoms with Gasteiger partial charge in [-0.3, -0.25) is 9.59 Å². The number of likely N-dealkylation sites (N-methyl/N-ethyl adjacent to an activating group) is 1. The van der Waals surface area contributed by atoms with Crippen molar-refractivity contribution in [2.45, 2.75) is 6.10 Å². The fourth-order valence-corrected chi connectivity index (χ4v) is 3.27. The maximum Gasteiger partial charge on any atom is 0.260 e. The van der Waals surface area contributed by atoms with Crippen molar-refractivity contribution < 1.29 is 23.8 Å². The van der Waals surface area contributed by atoms with E-state index in [9.17, 15) is 9.59 Å². The molecule has 6 heteroatoms. The van der Waals surface area contributed by atoms with Crippen LogP contribution in [0.25, 0.3) is 0 Å². The van der Waals surface area contributed by atoms with Gasteiger partial charge in [-0.25, -0.2) is 0 Å². The van der Waals surface area contributed by atoms with Gasteiger partial charge in [-0.05, 0) is 36.4 Å². The van der Waals surface area contributed by atoms with Gasteiger partial charge in [0.2, 0.25) is 0 Å². The molecule has 0 spiro atoms. The van der Waals surface area contributed by atoms with Crippen LogP contribution in [-0.2, 0) is 4.79 Å². The van der Waals surface area contributed by atoms with E-state index in [1.807, 2.05) is 42.5 Å². The standard InChI is InChI=1S/C25H23NO5/c1-26(15-21-16-30-22-9-5-6-10-23(22)31-21)24(27)17-29-20-13-11-19(12-14-20)25(28)18-7-3-2-4-8-18/h2-14,21H,15-17H2,1H3. The van der Waals surface area contributed by atoms with E-state index in [1.54, 1.807) is 48.3 Å². The molecule has 1 unspecified atom stereocenters. The summed E-state index contributed by atoms with van der Waals surface area (Å²) in [6.45, 7) is 0.667. The first-order chi connectivity index (χ1) is 15.1. The first-order valence-electron chi connectivity index (χ1n) is 10.1. The van der Waals surface area contributed by atoms with Crippen LogP contribution in [0.5, 0.6) is 17.2 Å². The molecule has 0 bridgehead atoms. The fourth-order valence-electron chi connectivity index (χ4n) is 3.27. The molecule has 1 aliphatic heterocycles. The summed E-state index contributed by atoms with van der Waals surface area (Å²) >= 11 is 0. The molecule has 3 aromatic rings. The Bertz CT molecular complexity index is 1050. The molecule has 0 saturated carbocycles. The minimum Gasteiger partial charge on any atom is -0.486 e. The lowest BCUT2D eigenvalue weighted by molar-refractivity contribution is -0.133. The molecule has 1 amide bonds. The molecule has 0 aliphatic carbocycles. The maximum atomic E-state index is 12.5. The molecule has 0 radical (unpaired) electrons. The number of hydrogen-bond acceptors (Lipinski definition) is 5. The van der Waals surface area contributed by atoms with Crippen LogP contribution in [0, 0.1) is 0 Å². The average molecular weight is 417 g/mol. The lowest BCUT2D eigenvalue weighted by Gasteiger charge is -2.29. The SMILES string of the molecule is CN(CC1COc2ccccc2O1)C(=O)COc1ccc(C(=O)c2ccccc2)cc1. The van der Waals surface area contributed by atoms with E-state index >= 15 is 0 Å². The first kappa shape index (κ1) is 20.5. The summed E-state index contributed by atoms with van der Waals surface area (Å²) in [5.41, 5.74) is 1.20. The van der Waals surface area contributed by atoms with Gasteiger partial charge >= 0.3 is 0 Å². The Morgan fingerprint density at radius 2 is 1.55 bits per heavy atom. The molecule has 1 heterocycles. The number of carbonyl (C=O) groups excluding carboxylic acids is 2. The van der Waals surface area contributed by atoms with Gasteiger partial charge in [0.05, 0.1) is 6.54 Å². The molecule has 158 valence electrons. The largest absolute Gasteiger partial charge is 0.486 e. The lowest BCUT2D eigenvalue weighted by atomic mass is 10.0. The van der Waals surface area contributed by atoms with Gasteiger partial charge in [0, 0.05) is 18.2 Å². The molecular formula is C25H23NO5. The number of rotatable bonds is 7.